The quantitative estimate of drug-likeness (QED) is 0.792. The van der Waals surface area contributed by atoms with Gasteiger partial charge in [-0.05, 0) is 32.1 Å². The smallest absolute Gasteiger partial charge is 0.305 e. The van der Waals surface area contributed by atoms with Crippen LogP contribution < -0.4 is 5.32 Å². The minimum absolute atomic E-state index is 0.00116. The molecule has 98 valence electrons. The number of aliphatic carboxylic acids is 1. The Morgan fingerprint density at radius 2 is 2.00 bits per heavy atom. The molecule has 2 N–H and O–H groups in total. The fourth-order valence-electron chi connectivity index (χ4n) is 2.66. The van der Waals surface area contributed by atoms with Gasteiger partial charge in [0.05, 0.1) is 6.42 Å². The molecule has 1 unspecified atom stereocenters. The zero-order valence-electron chi connectivity index (χ0n) is 11.2. The summed E-state index contributed by atoms with van der Waals surface area (Å²) in [7, 11) is 0. The largest absolute Gasteiger partial charge is 0.481 e. The number of hydrogen-bond acceptors (Lipinski definition) is 2. The molecule has 1 amide bonds. The number of nitrogens with one attached hydrogen (secondary N) is 1. The Morgan fingerprint density at radius 1 is 1.41 bits per heavy atom. The van der Waals surface area contributed by atoms with Gasteiger partial charge in [0.15, 0.2) is 0 Å². The number of carbonyl (C=O) groups excluding carboxylic acids is 1. The van der Waals surface area contributed by atoms with Crippen molar-refractivity contribution in [3.8, 4) is 0 Å². The molecule has 0 saturated heterocycles. The maximum atomic E-state index is 12.2. The molecule has 0 heterocycles. The van der Waals surface area contributed by atoms with Gasteiger partial charge in [-0.25, -0.2) is 0 Å². The molecular weight excluding hydrogens is 218 g/mol. The summed E-state index contributed by atoms with van der Waals surface area (Å²) in [6, 6.07) is 0. The van der Waals surface area contributed by atoms with Gasteiger partial charge in [-0.3, -0.25) is 9.59 Å². The van der Waals surface area contributed by atoms with E-state index in [0.717, 1.165) is 19.3 Å². The molecule has 4 nitrogen and oxygen atoms in total. The zero-order chi connectivity index (χ0) is 13.3. The molecule has 0 aromatic rings. The Kier molecular flexibility index (Phi) is 3.84. The first-order chi connectivity index (χ1) is 7.64. The first kappa shape index (κ1) is 14.0. The van der Waals surface area contributed by atoms with Crippen molar-refractivity contribution in [3.63, 3.8) is 0 Å². The Hall–Kier alpha value is -1.06. The molecule has 1 fully saturated rings. The van der Waals surface area contributed by atoms with Gasteiger partial charge in [-0.15, -0.1) is 0 Å². The summed E-state index contributed by atoms with van der Waals surface area (Å²) in [6.45, 7) is 7.71. The molecule has 0 spiro atoms. The van der Waals surface area contributed by atoms with Crippen LogP contribution in [0.1, 0.15) is 53.4 Å². The molecule has 0 aliphatic heterocycles. The van der Waals surface area contributed by atoms with E-state index < -0.39 is 11.5 Å². The Labute approximate surface area is 103 Å². The standard InChI is InChI=1S/C13H23NO3/c1-12(2)7-5-6-9(12)11(17)14-13(3,4)8-10(15)16/h9H,5-8H2,1-4H3,(H,14,17)(H,15,16). The van der Waals surface area contributed by atoms with Crippen LogP contribution in [-0.2, 0) is 9.59 Å². The van der Waals surface area contributed by atoms with Crippen LogP contribution in [0.15, 0.2) is 0 Å². The van der Waals surface area contributed by atoms with Crippen molar-refractivity contribution in [2.45, 2.75) is 58.9 Å². The summed E-state index contributed by atoms with van der Waals surface area (Å²) < 4.78 is 0. The third kappa shape index (κ3) is 3.72. The van der Waals surface area contributed by atoms with Gasteiger partial charge in [-0.2, -0.15) is 0 Å². The monoisotopic (exact) mass is 241 g/mol. The molecular formula is C13H23NO3. The highest BCUT2D eigenvalue weighted by Crippen LogP contribution is 2.42. The number of carbonyl (C=O) groups is 2. The van der Waals surface area contributed by atoms with Gasteiger partial charge in [-0.1, -0.05) is 20.3 Å². The lowest BCUT2D eigenvalue weighted by Crippen LogP contribution is -2.49. The van der Waals surface area contributed by atoms with E-state index in [4.69, 9.17) is 5.11 Å². The van der Waals surface area contributed by atoms with Gasteiger partial charge in [0.25, 0.3) is 0 Å². The second kappa shape index (κ2) is 4.67. The lowest BCUT2D eigenvalue weighted by molar-refractivity contribution is -0.139. The van der Waals surface area contributed by atoms with Crippen LogP contribution in [0.25, 0.3) is 0 Å². The van der Waals surface area contributed by atoms with Gasteiger partial charge in [0, 0.05) is 11.5 Å². The van der Waals surface area contributed by atoms with Crippen LogP contribution in [0.2, 0.25) is 0 Å². The van der Waals surface area contributed by atoms with Crippen LogP contribution in [0.4, 0.5) is 0 Å². The third-order valence-corrected chi connectivity index (χ3v) is 3.63. The number of carboxylic acids is 1. The van der Waals surface area contributed by atoms with E-state index >= 15 is 0 Å². The minimum Gasteiger partial charge on any atom is -0.481 e. The Balaban J connectivity index is 2.63. The second-order valence-corrected chi connectivity index (χ2v) is 6.38. The van der Waals surface area contributed by atoms with Crippen LogP contribution in [0.5, 0.6) is 0 Å². The van der Waals surface area contributed by atoms with E-state index in [1.54, 1.807) is 13.8 Å². The molecule has 0 aromatic carbocycles. The average Bonchev–Trinajstić information content (AvgIpc) is 2.41. The van der Waals surface area contributed by atoms with E-state index in [1.807, 2.05) is 0 Å². The summed E-state index contributed by atoms with van der Waals surface area (Å²) in [5, 5.41) is 11.6. The van der Waals surface area contributed by atoms with Crippen LogP contribution in [-0.4, -0.2) is 22.5 Å². The summed E-state index contributed by atoms with van der Waals surface area (Å²) in [6.07, 6.45) is 2.99. The minimum atomic E-state index is -0.888. The highest BCUT2D eigenvalue weighted by Gasteiger charge is 2.40. The highest BCUT2D eigenvalue weighted by molar-refractivity contribution is 5.81. The summed E-state index contributed by atoms with van der Waals surface area (Å²) in [5.74, 6) is -0.879. The molecule has 1 atom stereocenters. The number of rotatable bonds is 4. The number of hydrogen-bond donors (Lipinski definition) is 2. The van der Waals surface area contributed by atoms with Crippen molar-refractivity contribution < 1.29 is 14.7 Å². The lowest BCUT2D eigenvalue weighted by Gasteiger charge is -2.31. The molecule has 1 saturated carbocycles. The van der Waals surface area contributed by atoms with E-state index in [-0.39, 0.29) is 23.7 Å². The van der Waals surface area contributed by atoms with Gasteiger partial charge >= 0.3 is 5.97 Å². The van der Waals surface area contributed by atoms with Gasteiger partial charge in [0.2, 0.25) is 5.91 Å². The van der Waals surface area contributed by atoms with Gasteiger partial charge in [0.1, 0.15) is 0 Å². The average molecular weight is 241 g/mol. The normalized spacial score (nSPS) is 23.4. The molecule has 0 bridgehead atoms. The SMILES string of the molecule is CC(C)(CC(=O)O)NC(=O)C1CCCC1(C)C. The van der Waals surface area contributed by atoms with Crippen molar-refractivity contribution >= 4 is 11.9 Å². The fraction of sp³-hybridized carbons (Fsp3) is 0.846. The van der Waals surface area contributed by atoms with Crippen molar-refractivity contribution in [1.82, 2.24) is 5.32 Å². The topological polar surface area (TPSA) is 66.4 Å². The van der Waals surface area contributed by atoms with Crippen LogP contribution in [0, 0.1) is 11.3 Å². The van der Waals surface area contributed by atoms with E-state index in [9.17, 15) is 9.59 Å². The molecule has 1 aliphatic rings. The van der Waals surface area contributed by atoms with Crippen LogP contribution in [0.3, 0.4) is 0 Å². The van der Waals surface area contributed by atoms with Crippen molar-refractivity contribution in [1.29, 1.82) is 0 Å². The van der Waals surface area contributed by atoms with Crippen molar-refractivity contribution in [2.24, 2.45) is 11.3 Å². The maximum Gasteiger partial charge on any atom is 0.305 e. The Morgan fingerprint density at radius 3 is 2.41 bits per heavy atom. The molecule has 0 aromatic heterocycles. The van der Waals surface area contributed by atoms with E-state index in [0.29, 0.717) is 0 Å². The predicted octanol–water partition coefficient (Wildman–Crippen LogP) is 2.18. The number of carboxylic acid groups (broad SMARTS) is 1. The van der Waals surface area contributed by atoms with Gasteiger partial charge < -0.3 is 10.4 Å². The summed E-state index contributed by atoms with van der Waals surface area (Å²) in [4.78, 5) is 22.8. The van der Waals surface area contributed by atoms with E-state index in [2.05, 4.69) is 19.2 Å². The fourth-order valence-corrected chi connectivity index (χ4v) is 2.66. The lowest BCUT2D eigenvalue weighted by atomic mass is 9.81. The first-order valence-corrected chi connectivity index (χ1v) is 6.18. The van der Waals surface area contributed by atoms with E-state index in [1.165, 1.54) is 0 Å². The molecule has 0 radical (unpaired) electrons. The molecule has 4 heteroatoms. The molecule has 1 aliphatic carbocycles. The zero-order valence-corrected chi connectivity index (χ0v) is 11.2. The third-order valence-electron chi connectivity index (χ3n) is 3.63. The predicted molar refractivity (Wildman–Crippen MR) is 65.6 cm³/mol. The highest BCUT2D eigenvalue weighted by atomic mass is 16.4. The molecule has 17 heavy (non-hydrogen) atoms. The summed E-state index contributed by atoms with van der Waals surface area (Å²) >= 11 is 0. The first-order valence-electron chi connectivity index (χ1n) is 6.18. The van der Waals surface area contributed by atoms with Crippen molar-refractivity contribution in [2.75, 3.05) is 0 Å². The Bertz CT molecular complexity index is 321. The van der Waals surface area contributed by atoms with Crippen LogP contribution >= 0.6 is 0 Å². The number of amides is 1. The van der Waals surface area contributed by atoms with Crippen molar-refractivity contribution in [3.05, 3.63) is 0 Å². The molecule has 1 rings (SSSR count). The maximum absolute atomic E-state index is 12.2. The summed E-state index contributed by atoms with van der Waals surface area (Å²) in [5.41, 5.74) is -0.648. The second-order valence-electron chi connectivity index (χ2n) is 6.38.